The topological polar surface area (TPSA) is 37.3 Å². The fraction of sp³-hybridized carbons (Fsp3) is 0.650. The second kappa shape index (κ2) is 17.7. The van der Waals surface area contributed by atoms with E-state index in [1.54, 1.807) is 0 Å². The average Bonchev–Trinajstić information content (AvgIpc) is 2.50. The number of carboxylic acid groups (broad SMARTS) is 1. The monoisotopic (exact) mass is 306 g/mol. The Bertz CT molecular complexity index is 327. The summed E-state index contributed by atoms with van der Waals surface area (Å²) < 4.78 is 0. The van der Waals surface area contributed by atoms with Crippen LogP contribution in [0.15, 0.2) is 36.5 Å². The summed E-state index contributed by atoms with van der Waals surface area (Å²) in [6.07, 6.45) is 26.4. The van der Waals surface area contributed by atoms with E-state index >= 15 is 0 Å². The number of allylic oxidation sites excluding steroid dienone is 6. The van der Waals surface area contributed by atoms with Crippen molar-refractivity contribution in [3.63, 3.8) is 0 Å². The minimum Gasteiger partial charge on any atom is -0.481 e. The maximum absolute atomic E-state index is 10.3. The number of hydrogen-bond donors (Lipinski definition) is 1. The number of carbonyl (C=O) groups is 1. The third-order valence-electron chi connectivity index (χ3n) is 3.48. The zero-order valence-electron chi connectivity index (χ0n) is 14.3. The Morgan fingerprint density at radius 1 is 0.682 bits per heavy atom. The van der Waals surface area contributed by atoms with E-state index < -0.39 is 5.97 Å². The van der Waals surface area contributed by atoms with Gasteiger partial charge in [-0.1, -0.05) is 49.8 Å². The predicted octanol–water partition coefficient (Wildman–Crippen LogP) is 6.44. The Balaban J connectivity index is 3.20. The summed E-state index contributed by atoms with van der Waals surface area (Å²) >= 11 is 0. The van der Waals surface area contributed by atoms with Crippen molar-refractivity contribution in [2.75, 3.05) is 0 Å². The van der Waals surface area contributed by atoms with Crippen LogP contribution in [0.3, 0.4) is 0 Å². The molecule has 0 spiro atoms. The molecular formula is C20H34O2. The zero-order valence-corrected chi connectivity index (χ0v) is 14.3. The molecule has 2 heteroatoms. The van der Waals surface area contributed by atoms with Crippen LogP contribution in [0, 0.1) is 0 Å². The van der Waals surface area contributed by atoms with E-state index in [1.165, 1.54) is 44.9 Å². The third-order valence-corrected chi connectivity index (χ3v) is 3.48. The summed E-state index contributed by atoms with van der Waals surface area (Å²) in [5.41, 5.74) is 0. The van der Waals surface area contributed by atoms with Gasteiger partial charge < -0.3 is 5.11 Å². The molecule has 0 heterocycles. The van der Waals surface area contributed by atoms with Gasteiger partial charge in [-0.05, 0) is 64.2 Å². The molecule has 2 nitrogen and oxygen atoms in total. The lowest BCUT2D eigenvalue weighted by Crippen LogP contribution is -1.92. The van der Waals surface area contributed by atoms with Crippen molar-refractivity contribution in [1.82, 2.24) is 0 Å². The van der Waals surface area contributed by atoms with Crippen LogP contribution < -0.4 is 0 Å². The molecule has 0 saturated carbocycles. The highest BCUT2D eigenvalue weighted by molar-refractivity contribution is 5.66. The van der Waals surface area contributed by atoms with E-state index in [9.17, 15) is 4.79 Å². The number of aliphatic carboxylic acids is 1. The number of hydrogen-bond acceptors (Lipinski definition) is 1. The van der Waals surface area contributed by atoms with Crippen molar-refractivity contribution in [2.45, 2.75) is 84.0 Å². The van der Waals surface area contributed by atoms with Gasteiger partial charge in [-0.25, -0.2) is 0 Å². The molecule has 0 aliphatic heterocycles. The van der Waals surface area contributed by atoms with Crippen LogP contribution in [-0.4, -0.2) is 11.1 Å². The fourth-order valence-electron chi connectivity index (χ4n) is 2.18. The van der Waals surface area contributed by atoms with Crippen LogP contribution in [-0.2, 0) is 4.79 Å². The van der Waals surface area contributed by atoms with Crippen molar-refractivity contribution >= 4 is 5.97 Å². The minimum atomic E-state index is -0.695. The molecule has 0 rings (SSSR count). The van der Waals surface area contributed by atoms with Gasteiger partial charge in [0.15, 0.2) is 0 Å². The molecule has 0 aromatic heterocycles. The molecule has 22 heavy (non-hydrogen) atoms. The molecule has 0 unspecified atom stereocenters. The smallest absolute Gasteiger partial charge is 0.303 e. The SMILES string of the molecule is CCC=CCCCC=CCCCCCC=CCCCC(=O)O. The van der Waals surface area contributed by atoms with Gasteiger partial charge in [0, 0.05) is 6.42 Å². The molecule has 0 atom stereocenters. The third kappa shape index (κ3) is 18.7. The molecule has 0 aromatic rings. The van der Waals surface area contributed by atoms with Crippen LogP contribution in [0.1, 0.15) is 84.0 Å². The first-order valence-electron chi connectivity index (χ1n) is 8.94. The molecule has 0 aliphatic rings. The Kier molecular flexibility index (Phi) is 16.7. The largest absolute Gasteiger partial charge is 0.481 e. The highest BCUT2D eigenvalue weighted by atomic mass is 16.4. The Morgan fingerprint density at radius 2 is 1.14 bits per heavy atom. The van der Waals surface area contributed by atoms with E-state index in [1.807, 2.05) is 0 Å². The van der Waals surface area contributed by atoms with Crippen LogP contribution in [0.5, 0.6) is 0 Å². The van der Waals surface area contributed by atoms with Gasteiger partial charge in [0.1, 0.15) is 0 Å². The van der Waals surface area contributed by atoms with Gasteiger partial charge in [-0.2, -0.15) is 0 Å². The fourth-order valence-corrected chi connectivity index (χ4v) is 2.18. The van der Waals surface area contributed by atoms with Crippen LogP contribution in [0.2, 0.25) is 0 Å². The Hall–Kier alpha value is -1.31. The van der Waals surface area contributed by atoms with E-state index in [4.69, 9.17) is 5.11 Å². The van der Waals surface area contributed by atoms with E-state index in [0.29, 0.717) is 0 Å². The lowest BCUT2D eigenvalue weighted by atomic mass is 10.1. The van der Waals surface area contributed by atoms with E-state index in [-0.39, 0.29) is 6.42 Å². The number of carboxylic acids is 1. The van der Waals surface area contributed by atoms with Gasteiger partial charge in [-0.15, -0.1) is 0 Å². The molecule has 0 aromatic carbocycles. The molecule has 126 valence electrons. The van der Waals surface area contributed by atoms with Gasteiger partial charge in [0.25, 0.3) is 0 Å². The summed E-state index contributed by atoms with van der Waals surface area (Å²) in [5, 5.41) is 8.51. The molecule has 0 amide bonds. The predicted molar refractivity (Wildman–Crippen MR) is 96.1 cm³/mol. The lowest BCUT2D eigenvalue weighted by Gasteiger charge is -1.96. The second-order valence-electron chi connectivity index (χ2n) is 5.68. The summed E-state index contributed by atoms with van der Waals surface area (Å²) in [7, 11) is 0. The first-order valence-corrected chi connectivity index (χ1v) is 8.94. The van der Waals surface area contributed by atoms with Gasteiger partial charge in [0.05, 0.1) is 0 Å². The highest BCUT2D eigenvalue weighted by Gasteiger charge is 1.93. The Morgan fingerprint density at radius 3 is 1.64 bits per heavy atom. The van der Waals surface area contributed by atoms with E-state index in [2.05, 4.69) is 43.4 Å². The van der Waals surface area contributed by atoms with Crippen molar-refractivity contribution in [1.29, 1.82) is 0 Å². The molecule has 1 N–H and O–H groups in total. The maximum Gasteiger partial charge on any atom is 0.303 e. The summed E-state index contributed by atoms with van der Waals surface area (Å²) in [5.74, 6) is -0.695. The lowest BCUT2D eigenvalue weighted by molar-refractivity contribution is -0.137. The zero-order chi connectivity index (χ0) is 16.3. The molecule has 0 aliphatic carbocycles. The van der Waals surface area contributed by atoms with Gasteiger partial charge in [-0.3, -0.25) is 4.79 Å². The minimum absolute atomic E-state index is 0.283. The first kappa shape index (κ1) is 20.7. The molecular weight excluding hydrogens is 272 g/mol. The molecule has 0 radical (unpaired) electrons. The van der Waals surface area contributed by atoms with E-state index in [0.717, 1.165) is 25.7 Å². The van der Waals surface area contributed by atoms with Gasteiger partial charge >= 0.3 is 5.97 Å². The highest BCUT2D eigenvalue weighted by Crippen LogP contribution is 2.06. The van der Waals surface area contributed by atoms with Crippen LogP contribution >= 0.6 is 0 Å². The number of rotatable bonds is 15. The van der Waals surface area contributed by atoms with Crippen molar-refractivity contribution in [3.8, 4) is 0 Å². The summed E-state index contributed by atoms with van der Waals surface area (Å²) in [4.78, 5) is 10.3. The molecule has 0 bridgehead atoms. The van der Waals surface area contributed by atoms with Crippen molar-refractivity contribution < 1.29 is 9.90 Å². The standard InChI is InChI=1S/C20H34O2/c1-2-3-4-5-6-7-8-9-10-11-12-13-14-15-16-17-18-19-20(21)22/h3-4,8-9,15-16H,2,5-7,10-14,17-19H2,1H3,(H,21,22). The van der Waals surface area contributed by atoms with Gasteiger partial charge in [0.2, 0.25) is 0 Å². The maximum atomic E-state index is 10.3. The first-order chi connectivity index (χ1) is 10.8. The summed E-state index contributed by atoms with van der Waals surface area (Å²) in [6.45, 7) is 2.17. The van der Waals surface area contributed by atoms with Crippen molar-refractivity contribution in [3.05, 3.63) is 36.5 Å². The Labute approximate surface area is 137 Å². The second-order valence-corrected chi connectivity index (χ2v) is 5.68. The van der Waals surface area contributed by atoms with Crippen LogP contribution in [0.4, 0.5) is 0 Å². The average molecular weight is 306 g/mol. The molecule has 0 fully saturated rings. The number of unbranched alkanes of at least 4 members (excludes halogenated alkanes) is 7. The molecule has 0 saturated heterocycles. The quantitative estimate of drug-likeness (QED) is 0.279. The summed E-state index contributed by atoms with van der Waals surface area (Å²) in [6, 6.07) is 0. The van der Waals surface area contributed by atoms with Crippen LogP contribution in [0.25, 0.3) is 0 Å². The van der Waals surface area contributed by atoms with Crippen molar-refractivity contribution in [2.24, 2.45) is 0 Å². The normalized spacial score (nSPS) is 12.0.